The lowest BCUT2D eigenvalue weighted by atomic mass is 9.74. The van der Waals surface area contributed by atoms with Crippen molar-refractivity contribution in [3.8, 4) is 0 Å². The smallest absolute Gasteiger partial charge is 0.184 e. The highest BCUT2D eigenvalue weighted by Gasteiger charge is 2.33. The van der Waals surface area contributed by atoms with Gasteiger partial charge in [-0.05, 0) is 51.0 Å². The van der Waals surface area contributed by atoms with Crippen LogP contribution in [0.5, 0.6) is 0 Å². The zero-order valence-electron chi connectivity index (χ0n) is 11.5. The fraction of sp³-hybridized carbons (Fsp3) is 0.667. The Bertz CT molecular complexity index is 353. The van der Waals surface area contributed by atoms with E-state index in [0.29, 0.717) is 6.42 Å². The first-order chi connectivity index (χ1) is 8.32. The minimum absolute atomic E-state index is 0.0262. The van der Waals surface area contributed by atoms with Gasteiger partial charge in [0.1, 0.15) is 6.10 Å². The maximum Gasteiger partial charge on any atom is 0.184 e. The van der Waals surface area contributed by atoms with Crippen LogP contribution in [0.2, 0.25) is 0 Å². The zero-order valence-corrected chi connectivity index (χ0v) is 11.5. The Morgan fingerprint density at radius 1 is 1.50 bits per heavy atom. The molecular formula is C15H24O3. The van der Waals surface area contributed by atoms with Gasteiger partial charge in [-0.1, -0.05) is 24.6 Å². The number of aliphatic hydroxyl groups excluding tert-OH is 2. The molecule has 1 fully saturated rings. The van der Waals surface area contributed by atoms with E-state index < -0.39 is 6.10 Å². The molecule has 0 aromatic rings. The van der Waals surface area contributed by atoms with E-state index in [-0.39, 0.29) is 23.7 Å². The van der Waals surface area contributed by atoms with Gasteiger partial charge in [-0.3, -0.25) is 4.79 Å². The maximum absolute atomic E-state index is 11.8. The van der Waals surface area contributed by atoms with E-state index in [0.717, 1.165) is 24.0 Å². The topological polar surface area (TPSA) is 57.5 Å². The minimum Gasteiger partial charge on any atom is -0.393 e. The SMILES string of the molecule is C=C1CC[C@H](O)C[C@@H]1[C@H](C)[C@H](O)C(=O)C=C(C)C. The summed E-state index contributed by atoms with van der Waals surface area (Å²) in [4.78, 5) is 11.8. The highest BCUT2D eigenvalue weighted by Crippen LogP contribution is 2.35. The molecule has 0 saturated heterocycles. The third kappa shape index (κ3) is 3.79. The monoisotopic (exact) mass is 252 g/mol. The quantitative estimate of drug-likeness (QED) is 0.596. The van der Waals surface area contributed by atoms with Crippen molar-refractivity contribution in [3.05, 3.63) is 23.8 Å². The van der Waals surface area contributed by atoms with Gasteiger partial charge < -0.3 is 10.2 Å². The molecule has 0 radical (unpaired) electrons. The molecule has 3 nitrogen and oxygen atoms in total. The van der Waals surface area contributed by atoms with Crippen LogP contribution >= 0.6 is 0 Å². The van der Waals surface area contributed by atoms with Crippen molar-refractivity contribution >= 4 is 5.78 Å². The summed E-state index contributed by atoms with van der Waals surface area (Å²) in [6.07, 6.45) is 2.24. The van der Waals surface area contributed by atoms with Gasteiger partial charge in [0.05, 0.1) is 6.10 Å². The van der Waals surface area contributed by atoms with Gasteiger partial charge in [-0.2, -0.15) is 0 Å². The Hall–Kier alpha value is -0.930. The lowest BCUT2D eigenvalue weighted by Crippen LogP contribution is -2.36. The average Bonchev–Trinajstić information content (AvgIpc) is 2.29. The van der Waals surface area contributed by atoms with Crippen LogP contribution in [0.15, 0.2) is 23.8 Å². The largest absolute Gasteiger partial charge is 0.393 e. The number of allylic oxidation sites excluding steroid dienone is 2. The molecule has 1 rings (SSSR count). The molecule has 2 N–H and O–H groups in total. The van der Waals surface area contributed by atoms with Crippen molar-refractivity contribution in [2.45, 2.75) is 52.2 Å². The number of hydrogen-bond donors (Lipinski definition) is 2. The minimum atomic E-state index is -1.01. The van der Waals surface area contributed by atoms with E-state index in [4.69, 9.17) is 0 Å². The first-order valence-electron chi connectivity index (χ1n) is 6.55. The molecule has 0 bridgehead atoms. The van der Waals surface area contributed by atoms with E-state index in [9.17, 15) is 15.0 Å². The summed E-state index contributed by atoms with van der Waals surface area (Å²) in [5, 5.41) is 19.8. The summed E-state index contributed by atoms with van der Waals surface area (Å²) >= 11 is 0. The van der Waals surface area contributed by atoms with Crippen molar-refractivity contribution in [1.29, 1.82) is 0 Å². The second kappa shape index (κ2) is 6.30. The number of ketones is 1. The first kappa shape index (κ1) is 15.1. The number of carbonyl (C=O) groups excluding carboxylic acids is 1. The van der Waals surface area contributed by atoms with Gasteiger partial charge in [0.2, 0.25) is 0 Å². The van der Waals surface area contributed by atoms with Crippen molar-refractivity contribution in [2.75, 3.05) is 0 Å². The second-order valence-electron chi connectivity index (χ2n) is 5.62. The Labute approximate surface area is 109 Å². The lowest BCUT2D eigenvalue weighted by molar-refractivity contribution is -0.125. The molecule has 0 heterocycles. The lowest BCUT2D eigenvalue weighted by Gasteiger charge is -2.34. The summed E-state index contributed by atoms with van der Waals surface area (Å²) in [6.45, 7) is 9.53. The molecule has 4 atom stereocenters. The van der Waals surface area contributed by atoms with Gasteiger partial charge in [0.15, 0.2) is 5.78 Å². The highest BCUT2D eigenvalue weighted by molar-refractivity contribution is 5.94. The van der Waals surface area contributed by atoms with E-state index in [1.165, 1.54) is 6.08 Å². The van der Waals surface area contributed by atoms with Crippen LogP contribution in [0, 0.1) is 11.8 Å². The average molecular weight is 252 g/mol. The second-order valence-corrected chi connectivity index (χ2v) is 5.62. The standard InChI is InChI=1S/C15H24O3/c1-9(2)7-14(17)15(18)11(4)13-8-12(16)6-5-10(13)3/h7,11-13,15-16,18H,3,5-6,8H2,1-2,4H3/t11-,12-,13-,15-/m0/s1. The third-order valence-corrected chi connectivity index (χ3v) is 3.70. The Kier molecular flexibility index (Phi) is 5.29. The normalized spacial score (nSPS) is 27.5. The van der Waals surface area contributed by atoms with Crippen LogP contribution in [-0.4, -0.2) is 28.2 Å². The predicted octanol–water partition coefficient (Wildman–Crippen LogP) is 2.24. The van der Waals surface area contributed by atoms with Gasteiger partial charge in [-0.15, -0.1) is 0 Å². The molecule has 0 amide bonds. The molecule has 0 aromatic carbocycles. The molecule has 0 aromatic heterocycles. The molecule has 1 saturated carbocycles. The third-order valence-electron chi connectivity index (χ3n) is 3.70. The van der Waals surface area contributed by atoms with Crippen LogP contribution in [0.25, 0.3) is 0 Å². The molecule has 0 spiro atoms. The molecule has 3 heteroatoms. The Balaban J connectivity index is 2.73. The van der Waals surface area contributed by atoms with Gasteiger partial charge in [0.25, 0.3) is 0 Å². The molecular weight excluding hydrogens is 228 g/mol. The van der Waals surface area contributed by atoms with Crippen molar-refractivity contribution in [1.82, 2.24) is 0 Å². The molecule has 102 valence electrons. The fourth-order valence-corrected chi connectivity index (χ4v) is 2.55. The van der Waals surface area contributed by atoms with Crippen LogP contribution in [0.3, 0.4) is 0 Å². The summed E-state index contributed by atoms with van der Waals surface area (Å²) in [5.74, 6) is -0.427. The number of hydrogen-bond acceptors (Lipinski definition) is 3. The summed E-state index contributed by atoms with van der Waals surface area (Å²) in [7, 11) is 0. The van der Waals surface area contributed by atoms with E-state index in [1.54, 1.807) is 0 Å². The number of carbonyl (C=O) groups is 1. The summed E-state index contributed by atoms with van der Waals surface area (Å²) in [5.41, 5.74) is 1.92. The first-order valence-corrected chi connectivity index (χ1v) is 6.55. The number of aliphatic hydroxyl groups is 2. The molecule has 1 aliphatic carbocycles. The van der Waals surface area contributed by atoms with Crippen molar-refractivity contribution in [3.63, 3.8) is 0 Å². The molecule has 0 unspecified atom stereocenters. The van der Waals surface area contributed by atoms with Gasteiger partial charge in [-0.25, -0.2) is 0 Å². The zero-order chi connectivity index (χ0) is 13.9. The predicted molar refractivity (Wildman–Crippen MR) is 72.1 cm³/mol. The van der Waals surface area contributed by atoms with Gasteiger partial charge in [0, 0.05) is 0 Å². The van der Waals surface area contributed by atoms with Crippen LogP contribution < -0.4 is 0 Å². The van der Waals surface area contributed by atoms with E-state index in [2.05, 4.69) is 6.58 Å². The number of rotatable bonds is 4. The Morgan fingerprint density at radius 3 is 2.67 bits per heavy atom. The summed E-state index contributed by atoms with van der Waals surface area (Å²) in [6, 6.07) is 0. The highest BCUT2D eigenvalue weighted by atomic mass is 16.3. The van der Waals surface area contributed by atoms with Gasteiger partial charge >= 0.3 is 0 Å². The van der Waals surface area contributed by atoms with Crippen molar-refractivity contribution in [2.24, 2.45) is 11.8 Å². The van der Waals surface area contributed by atoms with E-state index >= 15 is 0 Å². The van der Waals surface area contributed by atoms with Crippen molar-refractivity contribution < 1.29 is 15.0 Å². The molecule has 18 heavy (non-hydrogen) atoms. The fourth-order valence-electron chi connectivity index (χ4n) is 2.55. The molecule has 0 aliphatic heterocycles. The van der Waals surface area contributed by atoms with Crippen LogP contribution in [0.1, 0.15) is 40.0 Å². The molecule has 1 aliphatic rings. The van der Waals surface area contributed by atoms with Crippen LogP contribution in [-0.2, 0) is 4.79 Å². The Morgan fingerprint density at radius 2 is 2.11 bits per heavy atom. The summed E-state index contributed by atoms with van der Waals surface area (Å²) < 4.78 is 0. The maximum atomic E-state index is 11.8. The van der Waals surface area contributed by atoms with Crippen LogP contribution in [0.4, 0.5) is 0 Å². The van der Waals surface area contributed by atoms with E-state index in [1.807, 2.05) is 20.8 Å².